The number of imide groups is 1. The van der Waals surface area contributed by atoms with Crippen molar-refractivity contribution in [2.45, 2.75) is 97.1 Å². The van der Waals surface area contributed by atoms with E-state index in [9.17, 15) is 24.6 Å². The minimum absolute atomic E-state index is 0.00458. The van der Waals surface area contributed by atoms with E-state index in [2.05, 4.69) is 5.32 Å². The first-order chi connectivity index (χ1) is 22.9. The summed E-state index contributed by atoms with van der Waals surface area (Å²) in [7, 11) is 0. The fourth-order valence-electron chi connectivity index (χ4n) is 5.89. The Kier molecular flexibility index (Phi) is 13.9. The number of aliphatic hydroxyl groups is 1. The van der Waals surface area contributed by atoms with Crippen LogP contribution in [0.5, 0.6) is 0 Å². The smallest absolute Gasteiger partial charge is 0.418 e. The van der Waals surface area contributed by atoms with Crippen LogP contribution in [0.1, 0.15) is 77.8 Å². The number of benzene rings is 3. The van der Waals surface area contributed by atoms with Crippen LogP contribution < -0.4 is 11.1 Å². The van der Waals surface area contributed by atoms with Gasteiger partial charge in [-0.15, -0.1) is 0 Å². The minimum atomic E-state index is -1.96. The highest BCUT2D eigenvalue weighted by Gasteiger charge is 2.53. The number of carbonyl (C=O) groups is 4. The first kappa shape index (κ1) is 37.9. The van der Waals surface area contributed by atoms with E-state index in [0.29, 0.717) is 29.4 Å². The molecule has 0 aliphatic rings. The van der Waals surface area contributed by atoms with E-state index in [4.69, 9.17) is 10.5 Å². The zero-order chi connectivity index (χ0) is 35.4. The van der Waals surface area contributed by atoms with Crippen molar-refractivity contribution in [3.63, 3.8) is 0 Å². The third-order valence-corrected chi connectivity index (χ3v) is 8.36. The summed E-state index contributed by atoms with van der Waals surface area (Å²) in [5.74, 6) is -2.72. The van der Waals surface area contributed by atoms with E-state index >= 15 is 4.79 Å². The number of aliphatic carboxylic acids is 1. The number of rotatable bonds is 16. The number of fused-ring (bicyclic) bond motifs is 1. The monoisotopic (exact) mass is 659 g/mol. The summed E-state index contributed by atoms with van der Waals surface area (Å²) in [6.07, 6.45) is 0.341. The summed E-state index contributed by atoms with van der Waals surface area (Å²) < 4.78 is 5.75. The second-order valence-corrected chi connectivity index (χ2v) is 12.5. The minimum Gasteiger partial charge on any atom is -0.478 e. The number of amides is 3. The number of carbonyl (C=O) groups excluding carboxylic acids is 3. The number of carboxylic acid groups (broad SMARTS) is 1. The summed E-state index contributed by atoms with van der Waals surface area (Å²) >= 11 is 0. The highest BCUT2D eigenvalue weighted by atomic mass is 16.6. The molecule has 0 unspecified atom stereocenters. The van der Waals surface area contributed by atoms with Gasteiger partial charge in [-0.2, -0.15) is 0 Å². The normalized spacial score (nSPS) is 14.9. The topological polar surface area (TPSA) is 159 Å². The van der Waals surface area contributed by atoms with Crippen molar-refractivity contribution in [1.29, 1.82) is 0 Å². The average Bonchev–Trinajstić information content (AvgIpc) is 3.07. The van der Waals surface area contributed by atoms with E-state index in [1.807, 2.05) is 57.2 Å². The number of nitrogens with zero attached hydrogens (tertiary/aromatic N) is 1. The molecule has 4 atom stereocenters. The summed E-state index contributed by atoms with van der Waals surface area (Å²) in [6, 6.07) is 19.6. The Hall–Kier alpha value is -4.54. The molecular weight excluding hydrogens is 610 g/mol. The second kappa shape index (κ2) is 17.6. The molecule has 10 heteroatoms. The highest BCUT2D eigenvalue weighted by molar-refractivity contribution is 6.05. The first-order valence-electron chi connectivity index (χ1n) is 16.6. The number of nitrogens with one attached hydrogen (secondary N) is 1. The molecule has 0 fully saturated rings. The molecule has 3 rings (SSSR count). The Morgan fingerprint density at radius 3 is 2.21 bits per heavy atom. The fraction of sp³-hybridized carbons (Fsp3) is 0.421. The predicted molar refractivity (Wildman–Crippen MR) is 186 cm³/mol. The molecule has 10 nitrogen and oxygen atoms in total. The molecule has 0 heterocycles. The largest absolute Gasteiger partial charge is 0.478 e. The molecule has 0 aromatic heterocycles. The van der Waals surface area contributed by atoms with Gasteiger partial charge in [0.2, 0.25) is 5.91 Å². The molecule has 3 aromatic carbocycles. The van der Waals surface area contributed by atoms with Crippen LogP contribution in [-0.4, -0.2) is 57.2 Å². The number of aliphatic hydroxyl groups excluding tert-OH is 1. The van der Waals surface area contributed by atoms with Gasteiger partial charge >= 0.3 is 12.1 Å². The number of ether oxygens (including phenoxy) is 1. The zero-order valence-electron chi connectivity index (χ0n) is 28.5. The van der Waals surface area contributed by atoms with Gasteiger partial charge in [-0.1, -0.05) is 113 Å². The number of carboxylic acids is 1. The van der Waals surface area contributed by atoms with Crippen molar-refractivity contribution in [2.24, 2.45) is 11.7 Å². The first-order valence-corrected chi connectivity index (χ1v) is 16.6. The lowest BCUT2D eigenvalue weighted by atomic mass is 9.79. The maximum Gasteiger partial charge on any atom is 0.418 e. The van der Waals surface area contributed by atoms with Crippen LogP contribution in [0.25, 0.3) is 10.8 Å². The van der Waals surface area contributed by atoms with Crippen molar-refractivity contribution in [2.75, 3.05) is 0 Å². The molecule has 0 bridgehead atoms. The average molecular weight is 660 g/mol. The van der Waals surface area contributed by atoms with Crippen molar-refractivity contribution >= 4 is 34.6 Å². The molecule has 0 saturated heterocycles. The van der Waals surface area contributed by atoms with Gasteiger partial charge in [-0.05, 0) is 60.1 Å². The fourth-order valence-corrected chi connectivity index (χ4v) is 5.89. The van der Waals surface area contributed by atoms with Gasteiger partial charge in [0.1, 0.15) is 6.61 Å². The number of unbranched alkanes of at least 4 members (excludes halogenated alkanes) is 1. The molecule has 3 aromatic rings. The Morgan fingerprint density at radius 1 is 0.958 bits per heavy atom. The van der Waals surface area contributed by atoms with Gasteiger partial charge < -0.3 is 26.0 Å². The number of hydrogen-bond donors (Lipinski definition) is 4. The maximum atomic E-state index is 15.1. The quantitative estimate of drug-likeness (QED) is 0.135. The Bertz CT molecular complexity index is 1580. The lowest BCUT2D eigenvalue weighted by molar-refractivity contribution is -0.148. The standard InChI is InChI=1S/C38H49N3O7/c1-6-8-21-38(31-20-14-18-29-17-12-13-19-30(29)31,36(46)40-32(22-25(3)4)33(42)23-28(7-2)35(44)45)41(34(43)26(5)39)37(47)48-24-27-15-10-9-11-16-27/h9-20,23,25-26,32-33,42H,6-8,21-22,24,39H2,1-5H3,(H,40,46)(H,44,45)/t26-,32-,33-,38+/m0/s1. The molecule has 0 aliphatic carbocycles. The van der Waals surface area contributed by atoms with E-state index in [1.165, 1.54) is 13.0 Å². The van der Waals surface area contributed by atoms with Crippen LogP contribution in [0.15, 0.2) is 84.4 Å². The number of hydrogen-bond acceptors (Lipinski definition) is 7. The van der Waals surface area contributed by atoms with Crippen LogP contribution in [-0.2, 0) is 31.3 Å². The van der Waals surface area contributed by atoms with Gasteiger partial charge in [0.25, 0.3) is 5.91 Å². The van der Waals surface area contributed by atoms with E-state index in [1.54, 1.807) is 43.3 Å². The van der Waals surface area contributed by atoms with Crippen molar-refractivity contribution in [1.82, 2.24) is 10.2 Å². The Balaban J connectivity index is 2.32. The second-order valence-electron chi connectivity index (χ2n) is 12.5. The van der Waals surface area contributed by atoms with Gasteiger partial charge in [0.15, 0.2) is 5.54 Å². The summed E-state index contributed by atoms with van der Waals surface area (Å²) in [5.41, 5.74) is 5.29. The lowest BCUT2D eigenvalue weighted by Crippen LogP contribution is -2.64. The zero-order valence-corrected chi connectivity index (χ0v) is 28.5. The molecule has 3 amide bonds. The van der Waals surface area contributed by atoms with Gasteiger partial charge in [0, 0.05) is 5.57 Å². The third-order valence-electron chi connectivity index (χ3n) is 8.36. The Morgan fingerprint density at radius 2 is 1.60 bits per heavy atom. The van der Waals surface area contributed by atoms with Crippen molar-refractivity contribution in [3.8, 4) is 0 Å². The van der Waals surface area contributed by atoms with Crippen molar-refractivity contribution in [3.05, 3.63) is 95.6 Å². The maximum absolute atomic E-state index is 15.1. The molecule has 48 heavy (non-hydrogen) atoms. The van der Waals surface area contributed by atoms with Crippen LogP contribution in [0.4, 0.5) is 4.79 Å². The van der Waals surface area contributed by atoms with Gasteiger partial charge in [-0.25, -0.2) is 14.5 Å². The molecule has 0 aliphatic heterocycles. The van der Waals surface area contributed by atoms with Crippen molar-refractivity contribution < 1.29 is 34.1 Å². The highest BCUT2D eigenvalue weighted by Crippen LogP contribution is 2.40. The van der Waals surface area contributed by atoms with Crippen LogP contribution in [0.3, 0.4) is 0 Å². The van der Waals surface area contributed by atoms with Crippen LogP contribution in [0, 0.1) is 5.92 Å². The molecule has 258 valence electrons. The van der Waals surface area contributed by atoms with Crippen LogP contribution >= 0.6 is 0 Å². The van der Waals surface area contributed by atoms with Crippen LogP contribution in [0.2, 0.25) is 0 Å². The van der Waals surface area contributed by atoms with E-state index in [-0.39, 0.29) is 37.4 Å². The predicted octanol–water partition coefficient (Wildman–Crippen LogP) is 6.05. The van der Waals surface area contributed by atoms with E-state index in [0.717, 1.165) is 10.3 Å². The molecular formula is C38H49N3O7. The Labute approximate surface area is 283 Å². The molecule has 0 saturated carbocycles. The summed E-state index contributed by atoms with van der Waals surface area (Å²) in [4.78, 5) is 56.3. The molecule has 0 spiro atoms. The number of nitrogens with two attached hydrogens (primary N) is 1. The molecule has 5 N–H and O–H groups in total. The summed E-state index contributed by atoms with van der Waals surface area (Å²) in [6.45, 7) is 8.71. The van der Waals surface area contributed by atoms with Gasteiger partial charge in [-0.3, -0.25) is 9.59 Å². The third kappa shape index (κ3) is 9.08. The molecule has 0 radical (unpaired) electrons. The van der Waals surface area contributed by atoms with E-state index < -0.39 is 47.6 Å². The summed E-state index contributed by atoms with van der Waals surface area (Å²) in [5, 5.41) is 25.4. The van der Waals surface area contributed by atoms with Gasteiger partial charge in [0.05, 0.1) is 18.2 Å². The lowest BCUT2D eigenvalue weighted by Gasteiger charge is -2.43. The SMILES string of the molecule is CCCC[C@](C(=O)N[C@@H](CC(C)C)[C@@H](O)C=C(CC)C(=O)O)(c1cccc2ccccc12)N(C(=O)OCc1ccccc1)C(=O)[C@H](C)N.